The quantitative estimate of drug-likeness (QED) is 0.537. The third kappa shape index (κ3) is 5.52. The van der Waals surface area contributed by atoms with Crippen molar-refractivity contribution >= 4 is 23.3 Å². The number of ether oxygens (including phenoxy) is 1. The number of fused-ring (bicyclic) bond motifs is 1. The van der Waals surface area contributed by atoms with Gasteiger partial charge in [-0.2, -0.15) is 0 Å². The third-order valence-electron chi connectivity index (χ3n) is 5.72. The molecule has 33 heavy (non-hydrogen) atoms. The summed E-state index contributed by atoms with van der Waals surface area (Å²) < 4.78 is 5.61. The first-order chi connectivity index (χ1) is 16.2. The Morgan fingerprint density at radius 3 is 2.52 bits per heavy atom. The summed E-state index contributed by atoms with van der Waals surface area (Å²) in [6.07, 6.45) is 3.02. The van der Waals surface area contributed by atoms with Gasteiger partial charge in [0.2, 0.25) is 0 Å². The van der Waals surface area contributed by atoms with Crippen molar-refractivity contribution in [1.82, 2.24) is 5.32 Å². The number of para-hydroxylation sites is 2. The average Bonchev–Trinajstić information content (AvgIpc) is 3.07. The minimum Gasteiger partial charge on any atom is -0.494 e. The highest BCUT2D eigenvalue weighted by Gasteiger charge is 2.21. The second kappa shape index (κ2) is 10.7. The molecule has 1 heterocycles. The lowest BCUT2D eigenvalue weighted by molar-refractivity contribution is 0.0950. The van der Waals surface area contributed by atoms with Gasteiger partial charge < -0.3 is 15.4 Å². The number of nitrogens with one attached hydrogen (secondary N) is 2. The lowest BCUT2D eigenvalue weighted by Crippen LogP contribution is -2.35. The monoisotopic (exact) mass is 443 g/mol. The van der Waals surface area contributed by atoms with E-state index in [4.69, 9.17) is 4.74 Å². The molecule has 0 radical (unpaired) electrons. The molecule has 1 aliphatic rings. The largest absolute Gasteiger partial charge is 0.494 e. The van der Waals surface area contributed by atoms with E-state index in [1.54, 1.807) is 29.2 Å². The maximum absolute atomic E-state index is 13.0. The number of carbonyl (C=O) groups excluding carboxylic acids is 2. The molecule has 0 unspecified atom stereocenters. The van der Waals surface area contributed by atoms with Crippen molar-refractivity contribution in [3.63, 3.8) is 0 Å². The molecule has 0 saturated heterocycles. The molecular formula is C27H29N3O3. The van der Waals surface area contributed by atoms with Crippen molar-refractivity contribution in [3.05, 3.63) is 89.5 Å². The molecule has 3 amide bonds. The molecule has 4 rings (SSSR count). The fraction of sp³-hybridized carbons (Fsp3) is 0.259. The van der Waals surface area contributed by atoms with Crippen LogP contribution in [0, 0.1) is 0 Å². The van der Waals surface area contributed by atoms with E-state index < -0.39 is 0 Å². The summed E-state index contributed by atoms with van der Waals surface area (Å²) in [5.74, 6) is 0.592. The Balaban J connectivity index is 1.37. The van der Waals surface area contributed by atoms with E-state index in [1.807, 2.05) is 49.4 Å². The van der Waals surface area contributed by atoms with E-state index in [0.29, 0.717) is 30.9 Å². The van der Waals surface area contributed by atoms with Gasteiger partial charge in [-0.15, -0.1) is 0 Å². The highest BCUT2D eigenvalue weighted by molar-refractivity contribution is 6.02. The van der Waals surface area contributed by atoms with Gasteiger partial charge in [0.25, 0.3) is 5.91 Å². The van der Waals surface area contributed by atoms with E-state index in [-0.39, 0.29) is 11.9 Å². The fourth-order valence-corrected chi connectivity index (χ4v) is 4.02. The van der Waals surface area contributed by atoms with Crippen molar-refractivity contribution < 1.29 is 14.3 Å². The molecule has 3 aromatic carbocycles. The first kappa shape index (κ1) is 22.4. The third-order valence-corrected chi connectivity index (χ3v) is 5.72. The summed E-state index contributed by atoms with van der Waals surface area (Å²) >= 11 is 0. The zero-order valence-corrected chi connectivity index (χ0v) is 18.8. The van der Waals surface area contributed by atoms with Crippen LogP contribution in [0.2, 0.25) is 0 Å². The highest BCUT2D eigenvalue weighted by atomic mass is 16.5. The number of urea groups is 1. The molecule has 0 aromatic heterocycles. The normalized spacial score (nSPS) is 12.9. The molecule has 1 aliphatic heterocycles. The fourth-order valence-electron chi connectivity index (χ4n) is 4.02. The van der Waals surface area contributed by atoms with Crippen molar-refractivity contribution in [2.45, 2.75) is 32.7 Å². The van der Waals surface area contributed by atoms with Crippen molar-refractivity contribution in [3.8, 4) is 5.75 Å². The number of carbonyl (C=O) groups is 2. The molecule has 170 valence electrons. The first-order valence-corrected chi connectivity index (χ1v) is 11.4. The maximum atomic E-state index is 13.0. The number of rotatable bonds is 6. The van der Waals surface area contributed by atoms with Crippen LogP contribution >= 0.6 is 0 Å². The zero-order chi connectivity index (χ0) is 23.0. The molecule has 6 nitrogen and oxygen atoms in total. The Labute approximate surface area is 194 Å². The minimum absolute atomic E-state index is 0.158. The van der Waals surface area contributed by atoms with Crippen molar-refractivity contribution in [1.29, 1.82) is 0 Å². The predicted octanol–water partition coefficient (Wildman–Crippen LogP) is 5.39. The van der Waals surface area contributed by atoms with Crippen LogP contribution in [-0.2, 0) is 13.0 Å². The number of nitrogens with zero attached hydrogens (tertiary/aromatic N) is 1. The Kier molecular flexibility index (Phi) is 7.25. The van der Waals surface area contributed by atoms with Gasteiger partial charge in [-0.1, -0.05) is 36.4 Å². The molecule has 0 fully saturated rings. The van der Waals surface area contributed by atoms with Gasteiger partial charge in [0.05, 0.1) is 6.61 Å². The number of hydrogen-bond donors (Lipinski definition) is 2. The topological polar surface area (TPSA) is 70.7 Å². The van der Waals surface area contributed by atoms with Gasteiger partial charge in [-0.3, -0.25) is 9.69 Å². The second-order valence-corrected chi connectivity index (χ2v) is 7.97. The van der Waals surface area contributed by atoms with Crippen molar-refractivity contribution in [2.24, 2.45) is 0 Å². The Morgan fingerprint density at radius 1 is 0.939 bits per heavy atom. The number of benzene rings is 3. The molecule has 6 heteroatoms. The number of aryl methyl sites for hydroxylation is 1. The molecule has 3 aromatic rings. The smallest absolute Gasteiger partial charge is 0.326 e. The summed E-state index contributed by atoms with van der Waals surface area (Å²) in [4.78, 5) is 27.4. The van der Waals surface area contributed by atoms with E-state index >= 15 is 0 Å². The summed E-state index contributed by atoms with van der Waals surface area (Å²) in [5, 5.41) is 5.89. The van der Waals surface area contributed by atoms with Gasteiger partial charge in [0.1, 0.15) is 5.75 Å². The van der Waals surface area contributed by atoms with Crippen LogP contribution in [0.25, 0.3) is 0 Å². The molecule has 0 bridgehead atoms. The molecule has 0 saturated carbocycles. The molecule has 0 atom stereocenters. The first-order valence-electron chi connectivity index (χ1n) is 11.4. The summed E-state index contributed by atoms with van der Waals surface area (Å²) in [5.41, 5.74) is 4.27. The van der Waals surface area contributed by atoms with E-state index in [1.165, 1.54) is 5.56 Å². The van der Waals surface area contributed by atoms with Crippen LogP contribution in [0.3, 0.4) is 0 Å². The lowest BCUT2D eigenvalue weighted by atomic mass is 10.1. The summed E-state index contributed by atoms with van der Waals surface area (Å²) in [6, 6.07) is 22.5. The van der Waals surface area contributed by atoms with Crippen molar-refractivity contribution in [2.75, 3.05) is 23.4 Å². The van der Waals surface area contributed by atoms with Crippen LogP contribution < -0.4 is 20.3 Å². The zero-order valence-electron chi connectivity index (χ0n) is 18.8. The summed E-state index contributed by atoms with van der Waals surface area (Å²) in [7, 11) is 0. The second-order valence-electron chi connectivity index (χ2n) is 7.97. The predicted molar refractivity (Wildman–Crippen MR) is 131 cm³/mol. The number of hydrogen-bond acceptors (Lipinski definition) is 3. The van der Waals surface area contributed by atoms with Gasteiger partial charge in [0.15, 0.2) is 0 Å². The number of amides is 3. The van der Waals surface area contributed by atoms with Gasteiger partial charge >= 0.3 is 6.03 Å². The Morgan fingerprint density at radius 2 is 1.70 bits per heavy atom. The molecule has 0 aliphatic carbocycles. The van der Waals surface area contributed by atoms with Crippen LogP contribution in [0.15, 0.2) is 72.8 Å². The summed E-state index contributed by atoms with van der Waals surface area (Å²) in [6.45, 7) is 3.57. The molecule has 0 spiro atoms. The van der Waals surface area contributed by atoms with E-state index in [9.17, 15) is 9.59 Å². The Bertz CT molecular complexity index is 1110. The van der Waals surface area contributed by atoms with Crippen LogP contribution in [0.5, 0.6) is 5.75 Å². The van der Waals surface area contributed by atoms with Gasteiger partial charge in [0, 0.05) is 35.6 Å². The van der Waals surface area contributed by atoms with Crippen LogP contribution in [0.4, 0.5) is 16.2 Å². The maximum Gasteiger partial charge on any atom is 0.326 e. The lowest BCUT2D eigenvalue weighted by Gasteiger charge is -2.23. The van der Waals surface area contributed by atoms with E-state index in [0.717, 1.165) is 36.3 Å². The Hall–Kier alpha value is -3.80. The van der Waals surface area contributed by atoms with Crippen LogP contribution in [0.1, 0.15) is 41.3 Å². The highest BCUT2D eigenvalue weighted by Crippen LogP contribution is 2.27. The average molecular weight is 444 g/mol. The van der Waals surface area contributed by atoms with E-state index in [2.05, 4.69) is 16.7 Å². The van der Waals surface area contributed by atoms with Crippen LogP contribution in [-0.4, -0.2) is 25.1 Å². The minimum atomic E-state index is -0.180. The SMILES string of the molecule is CCOc1ccccc1CNC(=O)c1ccc(NC(=O)N2CCCCc3ccccc32)cc1. The van der Waals surface area contributed by atoms with Gasteiger partial charge in [-0.25, -0.2) is 4.79 Å². The van der Waals surface area contributed by atoms with Gasteiger partial charge in [-0.05, 0) is 68.1 Å². The standard InChI is InChI=1S/C27H29N3O3/c1-2-33-25-13-6-4-11-22(25)19-28-26(31)21-14-16-23(17-15-21)29-27(32)30-18-8-7-10-20-9-3-5-12-24(20)30/h3-6,9,11-17H,2,7-8,10,18-19H2,1H3,(H,28,31)(H,29,32). The molecular weight excluding hydrogens is 414 g/mol. The molecule has 2 N–H and O–H groups in total. The number of anilines is 2.